The lowest BCUT2D eigenvalue weighted by Crippen LogP contribution is -2.26. The van der Waals surface area contributed by atoms with Gasteiger partial charge in [0.15, 0.2) is 11.9 Å². The van der Waals surface area contributed by atoms with Gasteiger partial charge < -0.3 is 15.2 Å². The minimum Gasteiger partial charge on any atom is -0.479 e. The number of nitrogens with zero attached hydrogens (tertiary/aromatic N) is 1. The number of ether oxygens (including phenoxy) is 1. The van der Waals surface area contributed by atoms with Crippen LogP contribution in [-0.4, -0.2) is 28.1 Å². The van der Waals surface area contributed by atoms with Gasteiger partial charge in [-0.1, -0.05) is 13.0 Å². The van der Waals surface area contributed by atoms with Crippen LogP contribution in [0, 0.1) is 10.1 Å². The van der Waals surface area contributed by atoms with Gasteiger partial charge in [-0.2, -0.15) is 0 Å². The largest absolute Gasteiger partial charge is 0.479 e. The van der Waals surface area contributed by atoms with Crippen LogP contribution in [0.15, 0.2) is 18.2 Å². The predicted molar refractivity (Wildman–Crippen MR) is 75.3 cm³/mol. The van der Waals surface area contributed by atoms with Crippen molar-refractivity contribution in [2.45, 2.75) is 44.9 Å². The van der Waals surface area contributed by atoms with Crippen LogP contribution >= 0.6 is 0 Å². The van der Waals surface area contributed by atoms with Crippen molar-refractivity contribution >= 4 is 11.7 Å². The van der Waals surface area contributed by atoms with Crippen LogP contribution in [0.1, 0.15) is 31.7 Å². The first-order valence-electron chi connectivity index (χ1n) is 6.91. The fourth-order valence-electron chi connectivity index (χ4n) is 1.93. The summed E-state index contributed by atoms with van der Waals surface area (Å²) >= 11 is 0. The van der Waals surface area contributed by atoms with Gasteiger partial charge in [0.25, 0.3) is 0 Å². The van der Waals surface area contributed by atoms with Crippen LogP contribution < -0.4 is 10.1 Å². The van der Waals surface area contributed by atoms with E-state index in [2.05, 4.69) is 5.32 Å². The molecule has 0 saturated heterocycles. The Morgan fingerprint density at radius 1 is 1.57 bits per heavy atom. The fourth-order valence-corrected chi connectivity index (χ4v) is 1.93. The van der Waals surface area contributed by atoms with E-state index < -0.39 is 17.0 Å². The van der Waals surface area contributed by atoms with Crippen molar-refractivity contribution in [2.75, 3.05) is 0 Å². The van der Waals surface area contributed by atoms with Gasteiger partial charge in [0.1, 0.15) is 0 Å². The second-order valence-corrected chi connectivity index (χ2v) is 5.07. The first kappa shape index (κ1) is 15.2. The number of rotatable bonds is 8. The molecule has 7 nitrogen and oxygen atoms in total. The number of hydrogen-bond donors (Lipinski definition) is 2. The monoisotopic (exact) mass is 294 g/mol. The number of carboxylic acids is 1. The smallest absolute Gasteiger partial charge is 0.344 e. The zero-order valence-electron chi connectivity index (χ0n) is 11.7. The molecular formula is C14H18N2O5. The van der Waals surface area contributed by atoms with Gasteiger partial charge in [0, 0.05) is 18.7 Å². The fraction of sp³-hybridized carbons (Fsp3) is 0.500. The van der Waals surface area contributed by atoms with Crippen molar-refractivity contribution < 1.29 is 19.6 Å². The number of nitro benzene ring substituents is 1. The average molecular weight is 294 g/mol. The third-order valence-corrected chi connectivity index (χ3v) is 3.31. The molecule has 0 radical (unpaired) electrons. The molecule has 1 aromatic carbocycles. The van der Waals surface area contributed by atoms with Crippen molar-refractivity contribution in [3.8, 4) is 5.75 Å². The third kappa shape index (κ3) is 4.16. The summed E-state index contributed by atoms with van der Waals surface area (Å²) in [4.78, 5) is 21.5. The van der Waals surface area contributed by atoms with Crippen molar-refractivity contribution in [3.63, 3.8) is 0 Å². The standard InChI is InChI=1S/C14H18N2O5/c1-2-12(14(17)18)21-13-6-3-9(7-11(13)16(19)20)8-15-10-4-5-10/h3,6-7,10,12,15H,2,4-5,8H2,1H3,(H,17,18). The molecule has 2 rings (SSSR count). The Hall–Kier alpha value is -2.15. The number of aliphatic carboxylic acids is 1. The van der Waals surface area contributed by atoms with Crippen LogP contribution in [0.25, 0.3) is 0 Å². The van der Waals surface area contributed by atoms with Gasteiger partial charge in [-0.15, -0.1) is 0 Å². The molecule has 114 valence electrons. The van der Waals surface area contributed by atoms with Crippen LogP contribution in [0.3, 0.4) is 0 Å². The molecule has 1 aromatic rings. The normalized spacial score (nSPS) is 15.5. The lowest BCUT2D eigenvalue weighted by molar-refractivity contribution is -0.386. The lowest BCUT2D eigenvalue weighted by atomic mass is 10.1. The van der Waals surface area contributed by atoms with Crippen molar-refractivity contribution in [1.82, 2.24) is 5.32 Å². The number of nitrogens with one attached hydrogen (secondary N) is 1. The highest BCUT2D eigenvalue weighted by Crippen LogP contribution is 2.30. The summed E-state index contributed by atoms with van der Waals surface area (Å²) in [6, 6.07) is 5.12. The molecule has 0 aliphatic heterocycles. The van der Waals surface area contributed by atoms with E-state index in [0.717, 1.165) is 18.4 Å². The van der Waals surface area contributed by atoms with Gasteiger partial charge in [0.2, 0.25) is 0 Å². The van der Waals surface area contributed by atoms with Crippen LogP contribution in [0.4, 0.5) is 5.69 Å². The Morgan fingerprint density at radius 2 is 2.29 bits per heavy atom. The van der Waals surface area contributed by atoms with Crippen LogP contribution in [0.5, 0.6) is 5.75 Å². The zero-order valence-corrected chi connectivity index (χ0v) is 11.7. The molecule has 1 saturated carbocycles. The van der Waals surface area contributed by atoms with Crippen molar-refractivity contribution in [2.24, 2.45) is 0 Å². The molecule has 1 aliphatic carbocycles. The Morgan fingerprint density at radius 3 is 2.81 bits per heavy atom. The number of benzene rings is 1. The molecular weight excluding hydrogens is 276 g/mol. The lowest BCUT2D eigenvalue weighted by Gasteiger charge is -2.13. The second kappa shape index (κ2) is 6.53. The number of hydrogen-bond acceptors (Lipinski definition) is 5. The Bertz CT molecular complexity index is 542. The van der Waals surface area contributed by atoms with Crippen LogP contribution in [-0.2, 0) is 11.3 Å². The first-order chi connectivity index (χ1) is 10.0. The molecule has 0 amide bonds. The van der Waals surface area contributed by atoms with E-state index >= 15 is 0 Å². The molecule has 0 aromatic heterocycles. The first-order valence-corrected chi connectivity index (χ1v) is 6.91. The summed E-state index contributed by atoms with van der Waals surface area (Å²) in [6.45, 7) is 2.21. The molecule has 0 heterocycles. The van der Waals surface area contributed by atoms with Gasteiger partial charge in [-0.3, -0.25) is 10.1 Å². The summed E-state index contributed by atoms with van der Waals surface area (Å²) < 4.78 is 5.25. The maximum absolute atomic E-state index is 11.1. The van der Waals surface area contributed by atoms with E-state index in [9.17, 15) is 14.9 Å². The highest BCUT2D eigenvalue weighted by Gasteiger charge is 2.24. The SMILES string of the molecule is CCC(Oc1ccc(CNC2CC2)cc1[N+](=O)[O-])C(=O)O. The predicted octanol–water partition coefficient (Wildman–Crippen LogP) is 2.09. The van der Waals surface area contributed by atoms with Gasteiger partial charge in [-0.25, -0.2) is 4.79 Å². The molecule has 1 aliphatic rings. The number of nitro groups is 1. The van der Waals surface area contributed by atoms with Crippen molar-refractivity contribution in [3.05, 3.63) is 33.9 Å². The Kier molecular flexibility index (Phi) is 4.74. The molecule has 0 spiro atoms. The maximum atomic E-state index is 11.1. The van der Waals surface area contributed by atoms with E-state index in [1.54, 1.807) is 13.0 Å². The summed E-state index contributed by atoms with van der Waals surface area (Å²) in [5, 5.41) is 23.4. The average Bonchev–Trinajstić information content (AvgIpc) is 3.26. The second-order valence-electron chi connectivity index (χ2n) is 5.07. The maximum Gasteiger partial charge on any atom is 0.344 e. The van der Waals surface area contributed by atoms with E-state index in [-0.39, 0.29) is 17.9 Å². The molecule has 1 fully saturated rings. The van der Waals surface area contributed by atoms with Gasteiger partial charge in [-0.05, 0) is 30.9 Å². The van der Waals surface area contributed by atoms with E-state index in [1.165, 1.54) is 12.1 Å². The summed E-state index contributed by atoms with van der Waals surface area (Å²) in [6.07, 6.45) is 1.43. The molecule has 1 unspecified atom stereocenters. The third-order valence-electron chi connectivity index (χ3n) is 3.31. The van der Waals surface area contributed by atoms with Crippen LogP contribution in [0.2, 0.25) is 0 Å². The number of carbonyl (C=O) groups is 1. The zero-order chi connectivity index (χ0) is 15.4. The molecule has 21 heavy (non-hydrogen) atoms. The summed E-state index contributed by atoms with van der Waals surface area (Å²) in [5.74, 6) is -1.14. The quantitative estimate of drug-likeness (QED) is 0.562. The summed E-state index contributed by atoms with van der Waals surface area (Å²) in [7, 11) is 0. The van der Waals surface area contributed by atoms with E-state index in [0.29, 0.717) is 12.6 Å². The number of carboxylic acid groups (broad SMARTS) is 1. The Balaban J connectivity index is 2.15. The highest BCUT2D eigenvalue weighted by molar-refractivity contribution is 5.73. The summed E-state index contributed by atoms with van der Waals surface area (Å²) in [5.41, 5.74) is 0.578. The highest BCUT2D eigenvalue weighted by atomic mass is 16.6. The topological polar surface area (TPSA) is 102 Å². The Labute approximate surface area is 122 Å². The van der Waals surface area contributed by atoms with Gasteiger partial charge in [0.05, 0.1) is 4.92 Å². The minimum atomic E-state index is -1.13. The molecule has 2 N–H and O–H groups in total. The minimum absolute atomic E-state index is 0.00979. The molecule has 0 bridgehead atoms. The molecule has 7 heteroatoms. The van der Waals surface area contributed by atoms with Crippen molar-refractivity contribution in [1.29, 1.82) is 0 Å². The van der Waals surface area contributed by atoms with E-state index in [4.69, 9.17) is 9.84 Å². The molecule has 1 atom stereocenters. The van der Waals surface area contributed by atoms with Gasteiger partial charge >= 0.3 is 11.7 Å². The van der Waals surface area contributed by atoms with E-state index in [1.807, 2.05) is 0 Å².